The second-order valence-corrected chi connectivity index (χ2v) is 2.06. The maximum atomic E-state index is 2.23. The predicted molar refractivity (Wildman–Crippen MR) is 34.1 cm³/mol. The van der Waals surface area contributed by atoms with Crippen LogP contribution in [0.15, 0.2) is 0 Å². The summed E-state index contributed by atoms with van der Waals surface area (Å²) in [5.74, 6) is 1.63. The van der Waals surface area contributed by atoms with Crippen molar-refractivity contribution in [3.05, 3.63) is 5.92 Å². The van der Waals surface area contributed by atoms with E-state index in [1.165, 1.54) is 19.3 Å². The molecule has 7 heavy (non-hydrogen) atoms. The third-order valence-corrected chi connectivity index (χ3v) is 1.28. The Labute approximate surface area is 46.9 Å². The molecular weight excluding hydrogens is 84.1 g/mol. The highest BCUT2D eigenvalue weighted by atomic mass is 14.0. The second-order valence-electron chi connectivity index (χ2n) is 2.06. The summed E-state index contributed by atoms with van der Waals surface area (Å²) in [7, 11) is 0. The van der Waals surface area contributed by atoms with E-state index in [0.29, 0.717) is 0 Å². The Morgan fingerprint density at radius 2 is 1.86 bits per heavy atom. The smallest absolute Gasteiger partial charge is 0.0678 e. The van der Waals surface area contributed by atoms with Crippen LogP contribution in [0.25, 0.3) is 0 Å². The zero-order valence-electron chi connectivity index (χ0n) is 5.62. The quantitative estimate of drug-likeness (QED) is 0.477. The van der Waals surface area contributed by atoms with Crippen LogP contribution in [0.2, 0.25) is 0 Å². The fraction of sp³-hybridized carbons (Fsp3) is 0.857. The highest BCUT2D eigenvalue weighted by Gasteiger charge is 1.77. The standard InChI is InChI=1S/C7H15/c1-4-6-7(3)5-2/h4-6H2,1-3H3/q-1. The molecule has 0 heterocycles. The summed E-state index contributed by atoms with van der Waals surface area (Å²) >= 11 is 0. The van der Waals surface area contributed by atoms with Gasteiger partial charge < -0.3 is 5.92 Å². The van der Waals surface area contributed by atoms with E-state index in [1.54, 1.807) is 5.92 Å². The van der Waals surface area contributed by atoms with E-state index in [2.05, 4.69) is 20.8 Å². The minimum atomic E-state index is 1.26. The maximum absolute atomic E-state index is 2.23. The molecule has 0 aromatic rings. The van der Waals surface area contributed by atoms with Crippen molar-refractivity contribution >= 4 is 0 Å². The minimum Gasteiger partial charge on any atom is -0.317 e. The van der Waals surface area contributed by atoms with E-state index < -0.39 is 0 Å². The first kappa shape index (κ1) is 7.00. The molecule has 0 rings (SSSR count). The number of hydrogen-bond acceptors (Lipinski definition) is 0. The van der Waals surface area contributed by atoms with Crippen molar-refractivity contribution in [3.63, 3.8) is 0 Å². The molecule has 0 aromatic carbocycles. The Morgan fingerprint density at radius 3 is 2.00 bits per heavy atom. The summed E-state index contributed by atoms with van der Waals surface area (Å²) in [4.78, 5) is 0. The minimum absolute atomic E-state index is 1.26. The van der Waals surface area contributed by atoms with Crippen molar-refractivity contribution < 1.29 is 0 Å². The van der Waals surface area contributed by atoms with Gasteiger partial charge in [0.25, 0.3) is 0 Å². The summed E-state index contributed by atoms with van der Waals surface area (Å²) in [5, 5.41) is 0. The molecule has 0 nitrogen and oxygen atoms in total. The van der Waals surface area contributed by atoms with E-state index in [0.717, 1.165) is 0 Å². The van der Waals surface area contributed by atoms with Crippen LogP contribution in [0.1, 0.15) is 40.0 Å². The van der Waals surface area contributed by atoms with Gasteiger partial charge in [0.05, 0.1) is 0 Å². The van der Waals surface area contributed by atoms with Gasteiger partial charge in [0.1, 0.15) is 0 Å². The van der Waals surface area contributed by atoms with Gasteiger partial charge >= 0.3 is 0 Å². The first-order valence-corrected chi connectivity index (χ1v) is 3.12. The maximum Gasteiger partial charge on any atom is -0.0678 e. The van der Waals surface area contributed by atoms with Gasteiger partial charge in [0.15, 0.2) is 0 Å². The monoisotopic (exact) mass is 99.1 g/mol. The van der Waals surface area contributed by atoms with Crippen molar-refractivity contribution in [2.24, 2.45) is 0 Å². The van der Waals surface area contributed by atoms with Crippen LogP contribution in [0, 0.1) is 5.92 Å². The van der Waals surface area contributed by atoms with E-state index >= 15 is 0 Å². The Bertz CT molecular complexity index is 31.0. The Balaban J connectivity index is 2.83. The molecule has 0 saturated heterocycles. The molecule has 0 spiro atoms. The topological polar surface area (TPSA) is 0 Å². The van der Waals surface area contributed by atoms with Gasteiger partial charge in [0.2, 0.25) is 0 Å². The predicted octanol–water partition coefficient (Wildman–Crippen LogP) is 2.79. The van der Waals surface area contributed by atoms with Crippen molar-refractivity contribution in [1.82, 2.24) is 0 Å². The summed E-state index contributed by atoms with van der Waals surface area (Å²) in [6, 6.07) is 0. The molecule has 0 N–H and O–H groups in total. The largest absolute Gasteiger partial charge is 0.317 e. The van der Waals surface area contributed by atoms with Crippen molar-refractivity contribution in [2.45, 2.75) is 40.0 Å². The lowest BCUT2D eigenvalue weighted by molar-refractivity contribution is 0.746. The average molecular weight is 99.2 g/mol. The summed E-state index contributed by atoms with van der Waals surface area (Å²) in [6.07, 6.45) is 3.88. The van der Waals surface area contributed by atoms with Crippen LogP contribution in [0.4, 0.5) is 0 Å². The average Bonchev–Trinajstić information content (AvgIpc) is 1.68. The fourth-order valence-corrected chi connectivity index (χ4v) is 0.604. The van der Waals surface area contributed by atoms with E-state index in [9.17, 15) is 0 Å². The number of hydrogen-bond donors (Lipinski definition) is 0. The van der Waals surface area contributed by atoms with Crippen LogP contribution >= 0.6 is 0 Å². The third kappa shape index (κ3) is 3.84. The highest BCUT2D eigenvalue weighted by molar-refractivity contribution is 4.79. The SMILES string of the molecule is CCC[C-](C)CC. The molecule has 0 aromatic heterocycles. The molecular formula is C7H15-. The zero-order chi connectivity index (χ0) is 5.70. The summed E-state index contributed by atoms with van der Waals surface area (Å²) < 4.78 is 0. The van der Waals surface area contributed by atoms with Crippen molar-refractivity contribution in [2.75, 3.05) is 0 Å². The van der Waals surface area contributed by atoms with Crippen molar-refractivity contribution in [1.29, 1.82) is 0 Å². The van der Waals surface area contributed by atoms with E-state index in [4.69, 9.17) is 0 Å². The summed E-state index contributed by atoms with van der Waals surface area (Å²) in [5.41, 5.74) is 0. The van der Waals surface area contributed by atoms with Crippen LogP contribution in [-0.4, -0.2) is 0 Å². The van der Waals surface area contributed by atoms with E-state index in [-0.39, 0.29) is 0 Å². The molecule has 0 aliphatic rings. The molecule has 44 valence electrons. The van der Waals surface area contributed by atoms with Gasteiger partial charge in [-0.25, -0.2) is 0 Å². The lowest BCUT2D eigenvalue weighted by Crippen LogP contribution is -1.85. The van der Waals surface area contributed by atoms with Crippen molar-refractivity contribution in [3.8, 4) is 0 Å². The molecule has 0 fully saturated rings. The van der Waals surface area contributed by atoms with Crippen LogP contribution in [0.5, 0.6) is 0 Å². The Kier molecular flexibility index (Phi) is 4.17. The molecule has 0 bridgehead atoms. The van der Waals surface area contributed by atoms with Gasteiger partial charge in [-0.1, -0.05) is 20.3 Å². The van der Waals surface area contributed by atoms with Crippen LogP contribution in [-0.2, 0) is 0 Å². The fourth-order valence-electron chi connectivity index (χ4n) is 0.604. The first-order valence-electron chi connectivity index (χ1n) is 3.12. The Hall–Kier alpha value is 0. The first-order chi connectivity index (χ1) is 3.31. The lowest BCUT2D eigenvalue weighted by atomic mass is 10.0. The molecule has 0 amide bonds. The molecule has 0 unspecified atom stereocenters. The molecule has 0 aliphatic heterocycles. The number of rotatable bonds is 3. The second kappa shape index (κ2) is 4.17. The van der Waals surface area contributed by atoms with E-state index in [1.807, 2.05) is 0 Å². The van der Waals surface area contributed by atoms with Crippen LogP contribution in [0.3, 0.4) is 0 Å². The molecule has 0 atom stereocenters. The molecule has 0 saturated carbocycles. The van der Waals surface area contributed by atoms with Gasteiger partial charge in [-0.15, -0.1) is 0 Å². The van der Waals surface area contributed by atoms with Gasteiger partial charge in [-0.2, -0.15) is 19.8 Å². The molecule has 0 radical (unpaired) electrons. The summed E-state index contributed by atoms with van der Waals surface area (Å²) in [6.45, 7) is 6.66. The lowest BCUT2D eigenvalue weighted by Gasteiger charge is -2.19. The zero-order valence-corrected chi connectivity index (χ0v) is 5.62. The Morgan fingerprint density at radius 1 is 1.29 bits per heavy atom. The normalized spacial score (nSPS) is 10.3. The molecule has 0 aliphatic carbocycles. The molecule has 0 heteroatoms. The highest BCUT2D eigenvalue weighted by Crippen LogP contribution is 2.09. The van der Waals surface area contributed by atoms with Gasteiger partial charge in [-0.3, -0.25) is 0 Å². The van der Waals surface area contributed by atoms with Gasteiger partial charge in [-0.05, 0) is 0 Å². The van der Waals surface area contributed by atoms with Crippen LogP contribution < -0.4 is 0 Å². The third-order valence-electron chi connectivity index (χ3n) is 1.28. The van der Waals surface area contributed by atoms with Gasteiger partial charge in [0, 0.05) is 0 Å².